The van der Waals surface area contributed by atoms with E-state index in [1.165, 1.54) is 11.3 Å². The zero-order chi connectivity index (χ0) is 20.9. The summed E-state index contributed by atoms with van der Waals surface area (Å²) in [5.41, 5.74) is 2.48. The van der Waals surface area contributed by atoms with Gasteiger partial charge in [-0.2, -0.15) is 0 Å². The smallest absolute Gasteiger partial charge is 0.230 e. The van der Waals surface area contributed by atoms with Crippen LogP contribution in [0, 0.1) is 0 Å². The van der Waals surface area contributed by atoms with Crippen LogP contribution in [0.15, 0.2) is 47.8 Å². The number of carbonyl (C=O) groups excluding carboxylic acids is 1. The van der Waals surface area contributed by atoms with Gasteiger partial charge in [-0.3, -0.25) is 4.79 Å². The van der Waals surface area contributed by atoms with Crippen molar-refractivity contribution in [2.75, 3.05) is 23.3 Å². The Hall–Kier alpha value is -2.28. The van der Waals surface area contributed by atoms with Crippen LogP contribution >= 0.6 is 34.5 Å². The number of nitrogens with zero attached hydrogens (tertiary/aromatic N) is 2. The Bertz CT molecular complexity index is 1020. The van der Waals surface area contributed by atoms with E-state index in [-0.39, 0.29) is 12.3 Å². The summed E-state index contributed by atoms with van der Waals surface area (Å²) in [6.07, 6.45) is 2.52. The number of rotatable bonds is 7. The summed E-state index contributed by atoms with van der Waals surface area (Å²) in [6.45, 7) is 2.34. The first-order chi connectivity index (χ1) is 14.6. The largest absolute Gasteiger partial charge is 0.486 e. The normalized spacial score (nSPS) is 13.5. The first-order valence-electron chi connectivity index (χ1n) is 9.73. The molecule has 3 aromatic rings. The molecule has 1 N–H and O–H groups in total. The van der Waals surface area contributed by atoms with Crippen LogP contribution < -0.4 is 15.0 Å². The lowest BCUT2D eigenvalue weighted by Crippen LogP contribution is -2.22. The number of amides is 1. The van der Waals surface area contributed by atoms with Gasteiger partial charge in [0.1, 0.15) is 17.4 Å². The molecule has 1 amide bonds. The molecule has 0 saturated carbocycles. The highest BCUT2D eigenvalue weighted by molar-refractivity contribution is 7.09. The van der Waals surface area contributed by atoms with E-state index in [1.54, 1.807) is 18.2 Å². The second-order valence-corrected chi connectivity index (χ2v) is 8.87. The molecule has 0 radical (unpaired) electrons. The Kier molecular flexibility index (Phi) is 6.77. The van der Waals surface area contributed by atoms with Gasteiger partial charge in [0, 0.05) is 28.5 Å². The van der Waals surface area contributed by atoms with Gasteiger partial charge in [-0.25, -0.2) is 4.98 Å². The number of aromatic nitrogens is 1. The van der Waals surface area contributed by atoms with Crippen LogP contribution in [0.3, 0.4) is 0 Å². The van der Waals surface area contributed by atoms with Crippen molar-refractivity contribution in [3.05, 3.63) is 68.6 Å². The van der Waals surface area contributed by atoms with Gasteiger partial charge in [0.15, 0.2) is 0 Å². The topological polar surface area (TPSA) is 54.5 Å². The minimum Gasteiger partial charge on any atom is -0.486 e. The highest BCUT2D eigenvalue weighted by Crippen LogP contribution is 2.31. The third kappa shape index (κ3) is 5.45. The molecular weight excluding hydrogens is 441 g/mol. The maximum Gasteiger partial charge on any atom is 0.230 e. The molecule has 2 heterocycles. The van der Waals surface area contributed by atoms with E-state index in [2.05, 4.69) is 15.2 Å². The standard InChI is InChI=1S/C22H21Cl2N3O2S/c23-15-3-6-18(7-4-15)29-13-22-25-17(14-30-22)12-21(28)26-19-11-16(24)5-8-20(19)27-9-1-2-10-27/h3-8,11,14H,1-2,9-10,12-13H2,(H,26,28). The van der Waals surface area contributed by atoms with Crippen LogP contribution in [0.4, 0.5) is 11.4 Å². The fraction of sp³-hybridized carbons (Fsp3) is 0.273. The summed E-state index contributed by atoms with van der Waals surface area (Å²) in [5, 5.41) is 6.97. The summed E-state index contributed by atoms with van der Waals surface area (Å²) in [6, 6.07) is 12.8. The van der Waals surface area contributed by atoms with Crippen molar-refractivity contribution in [2.45, 2.75) is 25.9 Å². The average molecular weight is 462 g/mol. The Labute approximate surface area is 189 Å². The molecule has 0 bridgehead atoms. The van der Waals surface area contributed by atoms with Crippen molar-refractivity contribution in [2.24, 2.45) is 0 Å². The first kappa shape index (κ1) is 21.0. The monoisotopic (exact) mass is 461 g/mol. The highest BCUT2D eigenvalue weighted by atomic mass is 35.5. The van der Waals surface area contributed by atoms with Crippen molar-refractivity contribution >= 4 is 51.8 Å². The number of hydrogen-bond donors (Lipinski definition) is 1. The predicted octanol–water partition coefficient (Wildman–Crippen LogP) is 5.81. The molecule has 4 rings (SSSR count). The number of halogens is 2. The molecule has 0 spiro atoms. The molecule has 8 heteroatoms. The molecule has 156 valence electrons. The van der Waals surface area contributed by atoms with Crippen molar-refractivity contribution in [3.8, 4) is 5.75 Å². The van der Waals surface area contributed by atoms with E-state index in [1.807, 2.05) is 29.6 Å². The second kappa shape index (κ2) is 9.69. The number of anilines is 2. The zero-order valence-electron chi connectivity index (χ0n) is 16.2. The van der Waals surface area contributed by atoms with Crippen molar-refractivity contribution in [1.29, 1.82) is 0 Å². The van der Waals surface area contributed by atoms with Gasteiger partial charge in [0.2, 0.25) is 5.91 Å². The molecule has 0 atom stereocenters. The molecular formula is C22H21Cl2N3O2S. The molecule has 5 nitrogen and oxygen atoms in total. The van der Waals surface area contributed by atoms with Gasteiger partial charge in [0.05, 0.1) is 23.5 Å². The van der Waals surface area contributed by atoms with Gasteiger partial charge < -0.3 is 15.0 Å². The minimum absolute atomic E-state index is 0.117. The quantitative estimate of drug-likeness (QED) is 0.482. The summed E-state index contributed by atoms with van der Waals surface area (Å²) in [7, 11) is 0. The molecule has 1 saturated heterocycles. The molecule has 1 aliphatic heterocycles. The number of benzene rings is 2. The van der Waals surface area contributed by atoms with Gasteiger partial charge in [-0.05, 0) is 55.3 Å². The van der Waals surface area contributed by atoms with E-state index in [4.69, 9.17) is 27.9 Å². The number of carbonyl (C=O) groups is 1. The SMILES string of the molecule is O=C(Cc1csc(COc2ccc(Cl)cc2)n1)Nc1cc(Cl)ccc1N1CCCC1. The van der Waals surface area contributed by atoms with E-state index >= 15 is 0 Å². The minimum atomic E-state index is -0.117. The van der Waals surface area contributed by atoms with Gasteiger partial charge in [-0.1, -0.05) is 23.2 Å². The fourth-order valence-corrected chi connectivity index (χ4v) is 4.38. The third-order valence-electron chi connectivity index (χ3n) is 4.80. The number of ether oxygens (including phenoxy) is 1. The summed E-state index contributed by atoms with van der Waals surface area (Å²) in [5.74, 6) is 0.609. The lowest BCUT2D eigenvalue weighted by Gasteiger charge is -2.21. The molecule has 1 fully saturated rings. The van der Waals surface area contributed by atoms with Gasteiger partial charge in [-0.15, -0.1) is 11.3 Å². The van der Waals surface area contributed by atoms with Crippen LogP contribution in [-0.2, 0) is 17.8 Å². The molecule has 0 unspecified atom stereocenters. The van der Waals surface area contributed by atoms with Crippen LogP contribution in [0.5, 0.6) is 5.75 Å². The Balaban J connectivity index is 1.36. The first-order valence-corrected chi connectivity index (χ1v) is 11.4. The molecule has 2 aromatic carbocycles. The average Bonchev–Trinajstić information content (AvgIpc) is 3.40. The Morgan fingerprint density at radius 2 is 1.83 bits per heavy atom. The molecule has 30 heavy (non-hydrogen) atoms. The molecule has 1 aliphatic rings. The van der Waals surface area contributed by atoms with E-state index < -0.39 is 0 Å². The van der Waals surface area contributed by atoms with Crippen molar-refractivity contribution < 1.29 is 9.53 Å². The van der Waals surface area contributed by atoms with E-state index in [0.717, 1.165) is 53.8 Å². The maximum atomic E-state index is 12.6. The second-order valence-electron chi connectivity index (χ2n) is 7.06. The fourth-order valence-electron chi connectivity index (χ4n) is 3.37. The summed E-state index contributed by atoms with van der Waals surface area (Å²) < 4.78 is 5.72. The highest BCUT2D eigenvalue weighted by Gasteiger charge is 2.18. The lowest BCUT2D eigenvalue weighted by molar-refractivity contribution is -0.115. The van der Waals surface area contributed by atoms with Gasteiger partial charge >= 0.3 is 0 Å². The van der Waals surface area contributed by atoms with Crippen molar-refractivity contribution in [1.82, 2.24) is 4.98 Å². The number of thiazole rings is 1. The zero-order valence-corrected chi connectivity index (χ0v) is 18.6. The van der Waals surface area contributed by atoms with Gasteiger partial charge in [0.25, 0.3) is 0 Å². The van der Waals surface area contributed by atoms with Crippen LogP contribution in [0.1, 0.15) is 23.5 Å². The van der Waals surface area contributed by atoms with Crippen LogP contribution in [0.25, 0.3) is 0 Å². The summed E-state index contributed by atoms with van der Waals surface area (Å²) in [4.78, 5) is 19.4. The number of hydrogen-bond acceptors (Lipinski definition) is 5. The van der Waals surface area contributed by atoms with E-state index in [0.29, 0.717) is 16.7 Å². The third-order valence-corrected chi connectivity index (χ3v) is 6.15. The van der Waals surface area contributed by atoms with Crippen LogP contribution in [-0.4, -0.2) is 24.0 Å². The lowest BCUT2D eigenvalue weighted by atomic mass is 10.2. The molecule has 1 aromatic heterocycles. The Morgan fingerprint density at radius 1 is 1.10 bits per heavy atom. The van der Waals surface area contributed by atoms with Crippen molar-refractivity contribution in [3.63, 3.8) is 0 Å². The van der Waals surface area contributed by atoms with Crippen LogP contribution in [0.2, 0.25) is 10.0 Å². The van der Waals surface area contributed by atoms with E-state index in [9.17, 15) is 4.79 Å². The number of nitrogens with one attached hydrogen (secondary N) is 1. The maximum absolute atomic E-state index is 12.6. The summed E-state index contributed by atoms with van der Waals surface area (Å²) >= 11 is 13.5. The Morgan fingerprint density at radius 3 is 2.60 bits per heavy atom. The predicted molar refractivity (Wildman–Crippen MR) is 123 cm³/mol. The molecule has 0 aliphatic carbocycles.